The van der Waals surface area contributed by atoms with Crippen LogP contribution < -0.4 is 0 Å². The molecule has 2 rings (SSSR count). The summed E-state index contributed by atoms with van der Waals surface area (Å²) in [7, 11) is 0. The molecular weight excluding hydrogens is 256 g/mol. The van der Waals surface area contributed by atoms with Crippen LogP contribution in [0.2, 0.25) is 0 Å². The van der Waals surface area contributed by atoms with E-state index in [0.717, 1.165) is 11.1 Å². The van der Waals surface area contributed by atoms with E-state index in [0.29, 0.717) is 6.42 Å². The summed E-state index contributed by atoms with van der Waals surface area (Å²) in [5, 5.41) is 0. The molecule has 0 spiro atoms. The fourth-order valence-corrected chi connectivity index (χ4v) is 2.50. The van der Waals surface area contributed by atoms with Crippen molar-refractivity contribution in [3.63, 3.8) is 0 Å². The third-order valence-corrected chi connectivity index (χ3v) is 3.78. The molecule has 0 bridgehead atoms. The summed E-state index contributed by atoms with van der Waals surface area (Å²) in [6.45, 7) is 6.22. The lowest BCUT2D eigenvalue weighted by molar-refractivity contribution is -0.115. The Kier molecular flexibility index (Phi) is 4.74. The number of hydrogen-bond acceptors (Lipinski definition) is 1. The summed E-state index contributed by atoms with van der Waals surface area (Å²) in [6, 6.07) is 20.2. The summed E-state index contributed by atoms with van der Waals surface area (Å²) >= 11 is 0. The van der Waals surface area contributed by atoms with E-state index < -0.39 is 0 Å². The minimum atomic E-state index is -0.147. The average molecular weight is 278 g/mol. The van der Waals surface area contributed by atoms with Gasteiger partial charge in [-0.15, -0.1) is 0 Å². The van der Waals surface area contributed by atoms with Crippen LogP contribution in [0.5, 0.6) is 0 Å². The topological polar surface area (TPSA) is 17.1 Å². The largest absolute Gasteiger partial charge is 0.295 e. The van der Waals surface area contributed by atoms with E-state index in [-0.39, 0.29) is 11.2 Å². The fraction of sp³-hybridized carbons (Fsp3) is 0.250. The van der Waals surface area contributed by atoms with E-state index in [4.69, 9.17) is 0 Å². The van der Waals surface area contributed by atoms with Gasteiger partial charge in [-0.05, 0) is 35.1 Å². The smallest absolute Gasteiger partial charge is 0.156 e. The zero-order valence-corrected chi connectivity index (χ0v) is 13.0. The Labute approximate surface area is 127 Å². The molecule has 0 unspecified atom stereocenters. The minimum absolute atomic E-state index is 0.147. The molecule has 0 amide bonds. The molecule has 108 valence electrons. The quantitative estimate of drug-likeness (QED) is 0.701. The number of benzene rings is 2. The Bertz CT molecular complexity index is 621. The fourth-order valence-electron chi connectivity index (χ4n) is 2.50. The first-order chi connectivity index (χ1) is 9.99. The van der Waals surface area contributed by atoms with E-state index in [1.165, 1.54) is 5.56 Å². The SMILES string of the molecule is C/C(=C/C(=O)CC(C)(C)c1ccccc1)c1ccccc1. The van der Waals surface area contributed by atoms with Crippen molar-refractivity contribution < 1.29 is 4.79 Å². The maximum atomic E-state index is 12.3. The Hall–Kier alpha value is -2.15. The number of rotatable bonds is 5. The summed E-state index contributed by atoms with van der Waals surface area (Å²) in [4.78, 5) is 12.3. The summed E-state index contributed by atoms with van der Waals surface area (Å²) < 4.78 is 0. The van der Waals surface area contributed by atoms with Crippen molar-refractivity contribution in [3.8, 4) is 0 Å². The molecule has 2 aromatic carbocycles. The van der Waals surface area contributed by atoms with Crippen molar-refractivity contribution >= 4 is 11.4 Å². The molecule has 0 fully saturated rings. The molecule has 0 radical (unpaired) electrons. The number of carbonyl (C=O) groups is 1. The molecule has 2 aromatic rings. The average Bonchev–Trinajstić information content (AvgIpc) is 2.48. The summed E-state index contributed by atoms with van der Waals surface area (Å²) in [5.41, 5.74) is 3.17. The first-order valence-electron chi connectivity index (χ1n) is 7.31. The Morgan fingerprint density at radius 1 is 0.952 bits per heavy atom. The van der Waals surface area contributed by atoms with Crippen LogP contribution in [0.4, 0.5) is 0 Å². The van der Waals surface area contributed by atoms with Crippen LogP contribution in [0.1, 0.15) is 38.3 Å². The molecule has 0 N–H and O–H groups in total. The summed E-state index contributed by atoms with van der Waals surface area (Å²) in [5.74, 6) is 0.171. The van der Waals surface area contributed by atoms with Crippen LogP contribution in [0, 0.1) is 0 Å². The Balaban J connectivity index is 2.11. The summed E-state index contributed by atoms with van der Waals surface area (Å²) in [6.07, 6.45) is 2.28. The van der Waals surface area contributed by atoms with Gasteiger partial charge in [-0.1, -0.05) is 74.5 Å². The molecule has 0 aromatic heterocycles. The van der Waals surface area contributed by atoms with Gasteiger partial charge in [0.15, 0.2) is 5.78 Å². The molecule has 1 nitrogen and oxygen atoms in total. The van der Waals surface area contributed by atoms with Gasteiger partial charge in [0.25, 0.3) is 0 Å². The highest BCUT2D eigenvalue weighted by Gasteiger charge is 2.23. The third kappa shape index (κ3) is 4.16. The molecule has 0 saturated heterocycles. The van der Waals surface area contributed by atoms with Gasteiger partial charge in [-0.2, -0.15) is 0 Å². The number of allylic oxidation sites excluding steroid dienone is 2. The van der Waals surface area contributed by atoms with Crippen LogP contribution in [0.15, 0.2) is 66.7 Å². The molecule has 21 heavy (non-hydrogen) atoms. The second kappa shape index (κ2) is 6.53. The van der Waals surface area contributed by atoms with Gasteiger partial charge in [-0.25, -0.2) is 0 Å². The van der Waals surface area contributed by atoms with Crippen molar-refractivity contribution in [2.24, 2.45) is 0 Å². The van der Waals surface area contributed by atoms with Crippen LogP contribution in [0.3, 0.4) is 0 Å². The van der Waals surface area contributed by atoms with Crippen molar-refractivity contribution in [1.82, 2.24) is 0 Å². The third-order valence-electron chi connectivity index (χ3n) is 3.78. The van der Waals surface area contributed by atoms with Gasteiger partial charge >= 0.3 is 0 Å². The Morgan fingerprint density at radius 3 is 2.05 bits per heavy atom. The van der Waals surface area contributed by atoms with Gasteiger partial charge in [-0.3, -0.25) is 4.79 Å². The van der Waals surface area contributed by atoms with Gasteiger partial charge in [0.2, 0.25) is 0 Å². The normalized spacial score (nSPS) is 12.2. The van der Waals surface area contributed by atoms with E-state index in [1.807, 2.05) is 55.5 Å². The first-order valence-corrected chi connectivity index (χ1v) is 7.31. The van der Waals surface area contributed by atoms with Crippen LogP contribution in [-0.4, -0.2) is 5.78 Å². The van der Waals surface area contributed by atoms with Crippen LogP contribution >= 0.6 is 0 Å². The predicted octanol–water partition coefficient (Wildman–Crippen LogP) is 5.03. The molecule has 1 heteroatoms. The monoisotopic (exact) mass is 278 g/mol. The molecule has 0 aliphatic rings. The molecule has 0 saturated carbocycles. The van der Waals surface area contributed by atoms with E-state index >= 15 is 0 Å². The predicted molar refractivity (Wildman–Crippen MR) is 89.2 cm³/mol. The number of ketones is 1. The zero-order valence-electron chi connectivity index (χ0n) is 13.0. The minimum Gasteiger partial charge on any atom is -0.295 e. The van der Waals surface area contributed by atoms with Crippen molar-refractivity contribution in [2.75, 3.05) is 0 Å². The van der Waals surface area contributed by atoms with Crippen LogP contribution in [-0.2, 0) is 10.2 Å². The second-order valence-corrected chi connectivity index (χ2v) is 6.09. The molecule has 0 aliphatic heterocycles. The highest BCUT2D eigenvalue weighted by Crippen LogP contribution is 2.27. The lowest BCUT2D eigenvalue weighted by Gasteiger charge is -2.24. The highest BCUT2D eigenvalue weighted by molar-refractivity contribution is 5.97. The molecule has 0 atom stereocenters. The Morgan fingerprint density at radius 2 is 1.48 bits per heavy atom. The maximum Gasteiger partial charge on any atom is 0.156 e. The standard InChI is InChI=1S/C20H22O/c1-16(17-10-6-4-7-11-17)14-19(21)15-20(2,3)18-12-8-5-9-13-18/h4-14H,15H2,1-3H3/b16-14-. The van der Waals surface area contributed by atoms with E-state index in [9.17, 15) is 4.79 Å². The van der Waals surface area contributed by atoms with Crippen molar-refractivity contribution in [1.29, 1.82) is 0 Å². The van der Waals surface area contributed by atoms with Crippen LogP contribution in [0.25, 0.3) is 5.57 Å². The zero-order chi connectivity index (χ0) is 15.3. The lowest BCUT2D eigenvalue weighted by atomic mass is 9.80. The van der Waals surface area contributed by atoms with E-state index in [2.05, 4.69) is 26.0 Å². The van der Waals surface area contributed by atoms with Gasteiger partial charge in [0, 0.05) is 6.42 Å². The number of hydrogen-bond donors (Lipinski definition) is 0. The van der Waals surface area contributed by atoms with E-state index in [1.54, 1.807) is 6.08 Å². The number of carbonyl (C=O) groups excluding carboxylic acids is 1. The highest BCUT2D eigenvalue weighted by atomic mass is 16.1. The van der Waals surface area contributed by atoms with Gasteiger partial charge in [0.05, 0.1) is 0 Å². The lowest BCUT2D eigenvalue weighted by Crippen LogP contribution is -2.21. The van der Waals surface area contributed by atoms with Crippen molar-refractivity contribution in [2.45, 2.75) is 32.6 Å². The maximum absolute atomic E-state index is 12.3. The molecular formula is C20H22O. The van der Waals surface area contributed by atoms with Gasteiger partial charge < -0.3 is 0 Å². The van der Waals surface area contributed by atoms with Crippen molar-refractivity contribution in [3.05, 3.63) is 77.9 Å². The van der Waals surface area contributed by atoms with Gasteiger partial charge in [0.1, 0.15) is 0 Å². The second-order valence-electron chi connectivity index (χ2n) is 6.09. The molecule has 0 aliphatic carbocycles. The first kappa shape index (κ1) is 15.2. The molecule has 0 heterocycles.